The first kappa shape index (κ1) is 12.9. The number of nitrogens with zero attached hydrogens (tertiary/aromatic N) is 4. The summed E-state index contributed by atoms with van der Waals surface area (Å²) in [7, 11) is 1.81. The summed E-state index contributed by atoms with van der Waals surface area (Å²) in [5, 5.41) is 14.8. The maximum absolute atomic E-state index is 5.36. The van der Waals surface area contributed by atoms with Crippen molar-refractivity contribution in [2.75, 3.05) is 5.32 Å². The van der Waals surface area contributed by atoms with Crippen LogP contribution in [0.25, 0.3) is 11.4 Å². The molecule has 2 heterocycles. The second kappa shape index (κ2) is 5.46. The van der Waals surface area contributed by atoms with Gasteiger partial charge >= 0.3 is 0 Å². The normalized spacial score (nSPS) is 10.7. The lowest BCUT2D eigenvalue weighted by Gasteiger charge is -2.06. The van der Waals surface area contributed by atoms with Gasteiger partial charge in [0.1, 0.15) is 5.76 Å². The summed E-state index contributed by atoms with van der Waals surface area (Å²) in [5.74, 6) is 1.59. The summed E-state index contributed by atoms with van der Waals surface area (Å²) < 4.78 is 7.96. The molecule has 0 bridgehead atoms. The van der Waals surface area contributed by atoms with E-state index in [9.17, 15) is 0 Å². The minimum Gasteiger partial charge on any atom is -0.466 e. The highest BCUT2D eigenvalue weighted by molar-refractivity contribution is 9.10. The molecule has 0 aliphatic heterocycles. The van der Waals surface area contributed by atoms with Crippen molar-refractivity contribution in [3.8, 4) is 11.4 Å². The van der Waals surface area contributed by atoms with E-state index >= 15 is 0 Å². The summed E-state index contributed by atoms with van der Waals surface area (Å²) in [6.07, 6.45) is 1.66. The van der Waals surface area contributed by atoms with E-state index in [1.54, 1.807) is 10.9 Å². The highest BCUT2D eigenvalue weighted by Crippen LogP contribution is 2.22. The zero-order chi connectivity index (χ0) is 13.9. The molecule has 0 saturated heterocycles. The third-order valence-corrected chi connectivity index (χ3v) is 3.59. The Morgan fingerprint density at radius 3 is 2.95 bits per heavy atom. The Morgan fingerprint density at radius 1 is 1.35 bits per heavy atom. The maximum Gasteiger partial charge on any atom is 0.181 e. The van der Waals surface area contributed by atoms with Crippen LogP contribution in [0.2, 0.25) is 0 Å². The van der Waals surface area contributed by atoms with Crippen LogP contribution in [0, 0.1) is 0 Å². The Bertz CT molecular complexity index is 721. The van der Waals surface area contributed by atoms with Gasteiger partial charge in [0, 0.05) is 18.3 Å². The fraction of sp³-hybridized carbons (Fsp3) is 0.154. The highest BCUT2D eigenvalue weighted by Gasteiger charge is 2.07. The third kappa shape index (κ3) is 2.57. The Kier molecular flexibility index (Phi) is 3.51. The second-order valence-corrected chi connectivity index (χ2v) is 5.11. The Hall–Kier alpha value is -2.15. The number of benzene rings is 1. The van der Waals surface area contributed by atoms with Crippen LogP contribution in [-0.4, -0.2) is 20.2 Å². The Balaban J connectivity index is 1.78. The molecule has 3 aromatic rings. The van der Waals surface area contributed by atoms with E-state index in [0.29, 0.717) is 6.54 Å². The van der Waals surface area contributed by atoms with Crippen LogP contribution in [0.15, 0.2) is 45.5 Å². The first-order valence-electron chi connectivity index (χ1n) is 6.02. The fourth-order valence-electron chi connectivity index (χ4n) is 1.88. The number of aromatic nitrogens is 4. The first-order chi connectivity index (χ1) is 9.74. The zero-order valence-corrected chi connectivity index (χ0v) is 12.3. The van der Waals surface area contributed by atoms with Gasteiger partial charge in [0.2, 0.25) is 0 Å². The van der Waals surface area contributed by atoms with Crippen LogP contribution < -0.4 is 5.32 Å². The van der Waals surface area contributed by atoms with Crippen molar-refractivity contribution in [3.05, 3.63) is 46.8 Å². The SMILES string of the molecule is Cn1nnnc1-c1cccc(NCc2occc2Br)c1. The molecule has 0 atom stereocenters. The quantitative estimate of drug-likeness (QED) is 0.795. The molecule has 6 nitrogen and oxygen atoms in total. The van der Waals surface area contributed by atoms with Crippen molar-refractivity contribution in [1.82, 2.24) is 20.2 Å². The molecule has 0 radical (unpaired) electrons. The maximum atomic E-state index is 5.36. The van der Waals surface area contributed by atoms with Crippen molar-refractivity contribution >= 4 is 21.6 Å². The second-order valence-electron chi connectivity index (χ2n) is 4.25. The minimum atomic E-state index is 0.605. The summed E-state index contributed by atoms with van der Waals surface area (Å²) in [6, 6.07) is 9.80. The monoisotopic (exact) mass is 333 g/mol. The number of furan rings is 1. The van der Waals surface area contributed by atoms with Gasteiger partial charge in [-0.2, -0.15) is 0 Å². The molecule has 0 unspecified atom stereocenters. The summed E-state index contributed by atoms with van der Waals surface area (Å²) >= 11 is 3.43. The number of anilines is 1. The van der Waals surface area contributed by atoms with Gasteiger partial charge in [-0.15, -0.1) is 5.10 Å². The molecular weight excluding hydrogens is 322 g/mol. The van der Waals surface area contributed by atoms with E-state index in [1.807, 2.05) is 37.4 Å². The van der Waals surface area contributed by atoms with Crippen molar-refractivity contribution < 1.29 is 4.42 Å². The number of halogens is 1. The molecule has 1 aromatic carbocycles. The topological polar surface area (TPSA) is 68.8 Å². The number of tetrazole rings is 1. The van der Waals surface area contributed by atoms with Crippen molar-refractivity contribution in [3.63, 3.8) is 0 Å². The van der Waals surface area contributed by atoms with Gasteiger partial charge in [0.15, 0.2) is 5.82 Å². The first-order valence-corrected chi connectivity index (χ1v) is 6.82. The summed E-state index contributed by atoms with van der Waals surface area (Å²) in [6.45, 7) is 0.605. The number of nitrogens with one attached hydrogen (secondary N) is 1. The van der Waals surface area contributed by atoms with Gasteiger partial charge < -0.3 is 9.73 Å². The van der Waals surface area contributed by atoms with Crippen molar-refractivity contribution in [2.45, 2.75) is 6.54 Å². The molecule has 0 aliphatic carbocycles. The zero-order valence-electron chi connectivity index (χ0n) is 10.7. The van der Waals surface area contributed by atoms with E-state index in [4.69, 9.17) is 4.42 Å². The number of hydrogen-bond donors (Lipinski definition) is 1. The van der Waals surface area contributed by atoms with Crippen LogP contribution in [0.3, 0.4) is 0 Å². The standard InChI is InChI=1S/C13H12BrN5O/c1-19-13(16-17-18-19)9-3-2-4-10(7-9)15-8-12-11(14)5-6-20-12/h2-7,15H,8H2,1H3. The minimum absolute atomic E-state index is 0.605. The predicted octanol–water partition coefficient (Wildman–Crippen LogP) is 2.84. The van der Waals surface area contributed by atoms with Crippen LogP contribution in [-0.2, 0) is 13.6 Å². The van der Waals surface area contributed by atoms with Gasteiger partial charge in [0.25, 0.3) is 0 Å². The van der Waals surface area contributed by atoms with E-state index in [1.165, 1.54) is 0 Å². The fourth-order valence-corrected chi connectivity index (χ4v) is 2.22. The van der Waals surface area contributed by atoms with Crippen LogP contribution in [0.4, 0.5) is 5.69 Å². The summed E-state index contributed by atoms with van der Waals surface area (Å²) in [4.78, 5) is 0. The lowest BCUT2D eigenvalue weighted by atomic mass is 10.2. The van der Waals surface area contributed by atoms with Gasteiger partial charge in [-0.3, -0.25) is 0 Å². The smallest absolute Gasteiger partial charge is 0.181 e. The van der Waals surface area contributed by atoms with Crippen LogP contribution in [0.5, 0.6) is 0 Å². The number of rotatable bonds is 4. The molecule has 0 aliphatic rings. The predicted molar refractivity (Wildman–Crippen MR) is 78.0 cm³/mol. The third-order valence-electron chi connectivity index (χ3n) is 2.89. The Morgan fingerprint density at radius 2 is 2.25 bits per heavy atom. The van der Waals surface area contributed by atoms with Crippen molar-refractivity contribution in [1.29, 1.82) is 0 Å². The van der Waals surface area contributed by atoms with E-state index in [-0.39, 0.29) is 0 Å². The number of aryl methyl sites for hydroxylation is 1. The van der Waals surface area contributed by atoms with Crippen LogP contribution in [0.1, 0.15) is 5.76 Å². The average Bonchev–Trinajstić information content (AvgIpc) is 3.05. The molecule has 1 N–H and O–H groups in total. The average molecular weight is 334 g/mol. The van der Waals surface area contributed by atoms with Crippen molar-refractivity contribution in [2.24, 2.45) is 7.05 Å². The molecule has 0 saturated carbocycles. The molecule has 3 rings (SSSR count). The molecule has 20 heavy (non-hydrogen) atoms. The Labute approximate surface area is 123 Å². The molecule has 2 aromatic heterocycles. The van der Waals surface area contributed by atoms with Gasteiger partial charge in [-0.05, 0) is 44.6 Å². The molecule has 0 spiro atoms. The molecular formula is C13H12BrN5O. The van der Waals surface area contributed by atoms with Gasteiger partial charge in [0.05, 0.1) is 17.3 Å². The molecule has 0 amide bonds. The van der Waals surface area contributed by atoms with E-state index in [2.05, 4.69) is 36.8 Å². The van der Waals surface area contributed by atoms with Gasteiger partial charge in [-0.1, -0.05) is 12.1 Å². The summed E-state index contributed by atoms with van der Waals surface area (Å²) in [5.41, 5.74) is 1.94. The lowest BCUT2D eigenvalue weighted by Crippen LogP contribution is -2.00. The highest BCUT2D eigenvalue weighted by atomic mass is 79.9. The number of hydrogen-bond acceptors (Lipinski definition) is 5. The van der Waals surface area contributed by atoms with E-state index in [0.717, 1.165) is 27.3 Å². The molecule has 7 heteroatoms. The van der Waals surface area contributed by atoms with Crippen LogP contribution >= 0.6 is 15.9 Å². The molecule has 0 fully saturated rings. The molecule has 102 valence electrons. The van der Waals surface area contributed by atoms with Gasteiger partial charge in [-0.25, -0.2) is 4.68 Å². The lowest BCUT2D eigenvalue weighted by molar-refractivity contribution is 0.516. The largest absolute Gasteiger partial charge is 0.466 e. The van der Waals surface area contributed by atoms with E-state index < -0.39 is 0 Å².